The van der Waals surface area contributed by atoms with Gasteiger partial charge in [0.25, 0.3) is 0 Å². The predicted molar refractivity (Wildman–Crippen MR) is 144 cm³/mol. The van der Waals surface area contributed by atoms with Gasteiger partial charge in [-0.1, -0.05) is 24.6 Å². The monoisotopic (exact) mass is 489 g/mol. The summed E-state index contributed by atoms with van der Waals surface area (Å²) in [5.41, 5.74) is 6.05. The molecule has 5 aliphatic carbocycles. The van der Waals surface area contributed by atoms with Gasteiger partial charge in [-0.15, -0.1) is 12.3 Å². The zero-order valence-electron chi connectivity index (χ0n) is 21.6. The van der Waals surface area contributed by atoms with E-state index < -0.39 is 0 Å². The van der Waals surface area contributed by atoms with Gasteiger partial charge in [0, 0.05) is 17.2 Å². The minimum absolute atomic E-state index is 0.00133. The highest BCUT2D eigenvalue weighted by Crippen LogP contribution is 2.73. The third kappa shape index (κ3) is 4.24. The van der Waals surface area contributed by atoms with Gasteiger partial charge in [0.2, 0.25) is 0 Å². The summed E-state index contributed by atoms with van der Waals surface area (Å²) in [4.78, 5) is 13.4. The van der Waals surface area contributed by atoms with Gasteiger partial charge < -0.3 is 5.11 Å². The van der Waals surface area contributed by atoms with Crippen molar-refractivity contribution in [3.05, 3.63) is 52.6 Å². The first-order valence-corrected chi connectivity index (χ1v) is 14.0. The Labute approximate surface area is 215 Å². The molecule has 3 nitrogen and oxygen atoms in total. The average Bonchev–Trinajstić information content (AvgIpc) is 3.57. The van der Waals surface area contributed by atoms with Crippen molar-refractivity contribution in [1.29, 1.82) is 0 Å². The highest BCUT2D eigenvalue weighted by Gasteiger charge is 2.68. The van der Waals surface area contributed by atoms with Crippen molar-refractivity contribution in [2.45, 2.75) is 82.1 Å². The van der Waals surface area contributed by atoms with E-state index in [1.54, 1.807) is 24.4 Å². The fourth-order valence-corrected chi connectivity index (χ4v) is 8.58. The molecule has 0 heterocycles. The SMILES string of the molecule is C#CC.CN(C)Sc1ccc(C2CC3(C)C(CC4(CC4)C3O)C3CCC4=CC(=O)CCC4=C23)cc1. The fourth-order valence-electron chi connectivity index (χ4n) is 7.90. The van der Waals surface area contributed by atoms with Gasteiger partial charge >= 0.3 is 0 Å². The third-order valence-corrected chi connectivity index (χ3v) is 10.3. The lowest BCUT2D eigenvalue weighted by molar-refractivity contribution is -0.114. The second kappa shape index (κ2) is 9.25. The highest BCUT2D eigenvalue weighted by molar-refractivity contribution is 7.97. The van der Waals surface area contributed by atoms with Gasteiger partial charge in [-0.25, -0.2) is 0 Å². The molecule has 0 amide bonds. The molecule has 0 aliphatic heterocycles. The minimum atomic E-state index is -0.164. The summed E-state index contributed by atoms with van der Waals surface area (Å²) in [6.07, 6.45) is 14.8. The molecule has 4 heteroatoms. The summed E-state index contributed by atoms with van der Waals surface area (Å²) < 4.78 is 2.13. The van der Waals surface area contributed by atoms with Crippen molar-refractivity contribution >= 4 is 17.7 Å². The Kier molecular flexibility index (Phi) is 6.58. The van der Waals surface area contributed by atoms with Crippen LogP contribution in [0.2, 0.25) is 0 Å². The molecule has 5 unspecified atom stereocenters. The maximum Gasteiger partial charge on any atom is 0.156 e. The van der Waals surface area contributed by atoms with E-state index in [0.29, 0.717) is 30.0 Å². The molecule has 0 bridgehead atoms. The molecule has 35 heavy (non-hydrogen) atoms. The van der Waals surface area contributed by atoms with Crippen LogP contribution < -0.4 is 0 Å². The Morgan fingerprint density at radius 3 is 2.43 bits per heavy atom. The number of carbonyl (C=O) groups excluding carboxylic acids is 1. The van der Waals surface area contributed by atoms with Crippen molar-refractivity contribution in [3.8, 4) is 12.3 Å². The van der Waals surface area contributed by atoms with Crippen LogP contribution in [0.3, 0.4) is 0 Å². The third-order valence-electron chi connectivity index (χ3n) is 9.46. The summed E-state index contributed by atoms with van der Waals surface area (Å²) >= 11 is 1.75. The number of rotatable bonds is 3. The number of carbonyl (C=O) groups is 1. The zero-order valence-corrected chi connectivity index (χ0v) is 22.5. The van der Waals surface area contributed by atoms with Crippen molar-refractivity contribution in [3.63, 3.8) is 0 Å². The summed E-state index contributed by atoms with van der Waals surface area (Å²) in [6, 6.07) is 9.16. The molecular weight excluding hydrogens is 450 g/mol. The van der Waals surface area contributed by atoms with Gasteiger partial charge in [0.1, 0.15) is 0 Å². The first-order valence-electron chi connectivity index (χ1n) is 13.2. The maximum atomic E-state index is 12.2. The number of hydrogen-bond acceptors (Lipinski definition) is 4. The van der Waals surface area contributed by atoms with Crippen molar-refractivity contribution in [2.75, 3.05) is 14.1 Å². The van der Waals surface area contributed by atoms with E-state index in [4.69, 9.17) is 0 Å². The Balaban J connectivity index is 0.000000806. The largest absolute Gasteiger partial charge is 0.392 e. The average molecular weight is 490 g/mol. The standard InChI is InChI=1S/C28H35NO2S.C3H4/c1-27-15-23(17-4-8-20(9-5-17)32-29(2)3)25-21-11-7-19(30)14-18(21)6-10-22(25)24(27)16-28(12-13-28)26(27)31;1-3-2/h4-5,8-9,14,22-24,26,31H,6-7,10-13,15-16H2,1-3H3;1H,2H3. The molecule has 5 atom stereocenters. The van der Waals surface area contributed by atoms with Gasteiger partial charge in [-0.2, -0.15) is 0 Å². The van der Waals surface area contributed by atoms with E-state index in [1.807, 2.05) is 6.08 Å². The molecule has 1 N–H and O–H groups in total. The van der Waals surface area contributed by atoms with Crippen LogP contribution in [0.1, 0.15) is 76.7 Å². The second-order valence-corrected chi connectivity index (χ2v) is 13.2. The lowest BCUT2D eigenvalue weighted by Gasteiger charge is -2.52. The van der Waals surface area contributed by atoms with E-state index in [-0.39, 0.29) is 16.9 Å². The Morgan fingerprint density at radius 2 is 1.80 bits per heavy atom. The zero-order chi connectivity index (χ0) is 25.0. The summed E-state index contributed by atoms with van der Waals surface area (Å²) in [5, 5.41) is 11.6. The molecule has 0 aromatic heterocycles. The molecule has 0 radical (unpaired) electrons. The molecule has 6 rings (SSSR count). The quantitative estimate of drug-likeness (QED) is 0.386. The van der Waals surface area contributed by atoms with E-state index >= 15 is 0 Å². The molecule has 1 aromatic carbocycles. The van der Waals surface area contributed by atoms with Crippen molar-refractivity contribution in [2.24, 2.45) is 22.7 Å². The normalized spacial score (nSPS) is 34.3. The van der Waals surface area contributed by atoms with Gasteiger partial charge in [-0.05, 0) is 135 Å². The molecule has 5 aliphatic rings. The number of aliphatic hydroxyl groups excluding tert-OH is 1. The number of benzene rings is 1. The molecule has 0 saturated heterocycles. The lowest BCUT2D eigenvalue weighted by atomic mass is 9.53. The first-order chi connectivity index (χ1) is 16.7. The Bertz CT molecular complexity index is 1100. The van der Waals surface area contributed by atoms with Gasteiger partial charge in [0.05, 0.1) is 6.10 Å². The predicted octanol–water partition coefficient (Wildman–Crippen LogP) is 6.55. The number of aliphatic hydroxyl groups is 1. The fraction of sp³-hybridized carbons (Fsp3) is 0.581. The van der Waals surface area contributed by atoms with Crippen LogP contribution in [-0.4, -0.2) is 35.4 Å². The second-order valence-electron chi connectivity index (χ2n) is 11.8. The van der Waals surface area contributed by atoms with E-state index in [1.165, 1.54) is 40.9 Å². The molecule has 1 aromatic rings. The number of ketones is 1. The molecule has 1 spiro atoms. The Morgan fingerprint density at radius 1 is 1.11 bits per heavy atom. The van der Waals surface area contributed by atoms with Crippen LogP contribution in [-0.2, 0) is 4.79 Å². The van der Waals surface area contributed by atoms with Crippen LogP contribution in [0, 0.1) is 35.0 Å². The van der Waals surface area contributed by atoms with Crippen LogP contribution in [0.5, 0.6) is 0 Å². The van der Waals surface area contributed by atoms with Crippen LogP contribution >= 0.6 is 11.9 Å². The Hall–Kier alpha value is -1.80. The maximum absolute atomic E-state index is 12.2. The van der Waals surface area contributed by atoms with Crippen molar-refractivity contribution < 1.29 is 9.90 Å². The molecule has 3 fully saturated rings. The van der Waals surface area contributed by atoms with Gasteiger partial charge in [0.15, 0.2) is 5.78 Å². The molecular formula is C31H39NO2S. The van der Waals surface area contributed by atoms with E-state index in [2.05, 4.69) is 61.9 Å². The summed E-state index contributed by atoms with van der Waals surface area (Å²) in [7, 11) is 4.15. The number of terminal acetylenes is 1. The summed E-state index contributed by atoms with van der Waals surface area (Å²) in [6.45, 7) is 4.05. The lowest BCUT2D eigenvalue weighted by Crippen LogP contribution is -2.45. The number of fused-ring (bicyclic) bond motifs is 4. The summed E-state index contributed by atoms with van der Waals surface area (Å²) in [5.74, 6) is 4.06. The minimum Gasteiger partial charge on any atom is -0.392 e. The number of hydrogen-bond donors (Lipinski definition) is 1. The highest BCUT2D eigenvalue weighted by atomic mass is 32.2. The van der Waals surface area contributed by atoms with Crippen LogP contribution in [0.25, 0.3) is 0 Å². The van der Waals surface area contributed by atoms with Gasteiger partial charge in [-0.3, -0.25) is 9.10 Å². The van der Waals surface area contributed by atoms with E-state index in [0.717, 1.165) is 25.7 Å². The number of nitrogens with zero attached hydrogens (tertiary/aromatic N) is 1. The first kappa shape index (κ1) is 24.9. The molecule has 186 valence electrons. The van der Waals surface area contributed by atoms with Crippen molar-refractivity contribution in [1.82, 2.24) is 4.31 Å². The topological polar surface area (TPSA) is 40.5 Å². The van der Waals surface area contributed by atoms with Crippen LogP contribution in [0.15, 0.2) is 52.0 Å². The molecule has 3 saturated carbocycles. The number of allylic oxidation sites excluding steroid dienone is 4. The smallest absolute Gasteiger partial charge is 0.156 e. The van der Waals surface area contributed by atoms with Crippen LogP contribution in [0.4, 0.5) is 0 Å². The van der Waals surface area contributed by atoms with E-state index in [9.17, 15) is 9.90 Å².